The van der Waals surface area contributed by atoms with E-state index in [1.165, 1.54) is 5.56 Å². The minimum atomic E-state index is 0.128. The van der Waals surface area contributed by atoms with Crippen molar-refractivity contribution < 1.29 is 4.79 Å². The Kier molecular flexibility index (Phi) is 5.82. The summed E-state index contributed by atoms with van der Waals surface area (Å²) in [6.07, 6.45) is 0. The number of carbonyl (C=O) groups is 1. The van der Waals surface area contributed by atoms with Gasteiger partial charge in [0.15, 0.2) is 0 Å². The van der Waals surface area contributed by atoms with Crippen LogP contribution in [0.1, 0.15) is 11.6 Å². The van der Waals surface area contributed by atoms with Gasteiger partial charge in [0.1, 0.15) is 0 Å². The lowest BCUT2D eigenvalue weighted by Gasteiger charge is -2.40. The molecule has 1 aliphatic heterocycles. The van der Waals surface area contributed by atoms with Crippen molar-refractivity contribution in [2.75, 3.05) is 32.4 Å². The molecule has 3 rings (SSSR count). The van der Waals surface area contributed by atoms with Crippen molar-refractivity contribution in [2.45, 2.75) is 10.9 Å². The molecule has 0 spiro atoms. The van der Waals surface area contributed by atoms with Crippen LogP contribution in [-0.2, 0) is 4.79 Å². The molecule has 1 atom stereocenters. The Morgan fingerprint density at radius 1 is 1.12 bits per heavy atom. The molecule has 1 saturated heterocycles. The van der Waals surface area contributed by atoms with Crippen LogP contribution in [0, 0.1) is 0 Å². The fraction of sp³-hybridized carbons (Fsp3) is 0.316. The van der Waals surface area contributed by atoms with E-state index in [-0.39, 0.29) is 11.9 Å². The van der Waals surface area contributed by atoms with E-state index in [1.54, 1.807) is 11.8 Å². The SMILES string of the molecule is CN1CCN(C(=O)CSc2ccc(Cl)cc2)C(c2ccccc2)C1. The largest absolute Gasteiger partial charge is 0.332 e. The van der Waals surface area contributed by atoms with Gasteiger partial charge in [-0.05, 0) is 36.9 Å². The van der Waals surface area contributed by atoms with Gasteiger partial charge in [0.25, 0.3) is 0 Å². The van der Waals surface area contributed by atoms with Crippen LogP contribution in [0.4, 0.5) is 0 Å². The molecule has 126 valence electrons. The molecule has 2 aromatic carbocycles. The lowest BCUT2D eigenvalue weighted by atomic mass is 10.0. The van der Waals surface area contributed by atoms with Crippen molar-refractivity contribution in [2.24, 2.45) is 0 Å². The van der Waals surface area contributed by atoms with E-state index >= 15 is 0 Å². The van der Waals surface area contributed by atoms with E-state index < -0.39 is 0 Å². The van der Waals surface area contributed by atoms with E-state index in [4.69, 9.17) is 11.6 Å². The number of carbonyl (C=O) groups excluding carboxylic acids is 1. The Balaban J connectivity index is 1.68. The molecule has 5 heteroatoms. The number of hydrogen-bond donors (Lipinski definition) is 0. The third-order valence-corrected chi connectivity index (χ3v) is 5.51. The fourth-order valence-electron chi connectivity index (χ4n) is 2.94. The van der Waals surface area contributed by atoms with Crippen LogP contribution in [0.25, 0.3) is 0 Å². The molecule has 0 radical (unpaired) electrons. The number of thioether (sulfide) groups is 1. The number of piperazine rings is 1. The lowest BCUT2D eigenvalue weighted by Crippen LogP contribution is -2.49. The van der Waals surface area contributed by atoms with Crippen molar-refractivity contribution in [1.82, 2.24) is 9.80 Å². The second kappa shape index (κ2) is 8.06. The molecular formula is C19H21ClN2OS. The third kappa shape index (κ3) is 4.32. The highest BCUT2D eigenvalue weighted by molar-refractivity contribution is 8.00. The number of hydrogen-bond acceptors (Lipinski definition) is 3. The minimum Gasteiger partial charge on any atom is -0.332 e. The van der Waals surface area contributed by atoms with Crippen LogP contribution < -0.4 is 0 Å². The maximum atomic E-state index is 12.8. The zero-order valence-corrected chi connectivity index (χ0v) is 15.3. The Morgan fingerprint density at radius 3 is 2.54 bits per heavy atom. The molecule has 1 amide bonds. The van der Waals surface area contributed by atoms with E-state index in [9.17, 15) is 4.79 Å². The Hall–Kier alpha value is -1.49. The summed E-state index contributed by atoms with van der Waals surface area (Å²) in [5.41, 5.74) is 1.20. The summed E-state index contributed by atoms with van der Waals surface area (Å²) in [4.78, 5) is 18.2. The number of nitrogens with zero attached hydrogens (tertiary/aromatic N) is 2. The Labute approximate surface area is 152 Å². The highest BCUT2D eigenvalue weighted by Crippen LogP contribution is 2.27. The van der Waals surface area contributed by atoms with E-state index in [1.807, 2.05) is 47.4 Å². The minimum absolute atomic E-state index is 0.128. The van der Waals surface area contributed by atoms with Gasteiger partial charge in [0.2, 0.25) is 5.91 Å². The zero-order chi connectivity index (χ0) is 16.9. The molecule has 0 N–H and O–H groups in total. The normalized spacial score (nSPS) is 18.6. The Morgan fingerprint density at radius 2 is 1.83 bits per heavy atom. The summed E-state index contributed by atoms with van der Waals surface area (Å²) in [5.74, 6) is 0.645. The zero-order valence-electron chi connectivity index (χ0n) is 13.7. The topological polar surface area (TPSA) is 23.6 Å². The molecule has 0 bridgehead atoms. The van der Waals surface area contributed by atoms with Crippen molar-refractivity contribution >= 4 is 29.3 Å². The maximum absolute atomic E-state index is 12.8. The second-order valence-electron chi connectivity index (χ2n) is 6.02. The van der Waals surface area contributed by atoms with Crippen molar-refractivity contribution in [3.8, 4) is 0 Å². The van der Waals surface area contributed by atoms with Gasteiger partial charge in [-0.3, -0.25) is 4.79 Å². The summed E-state index contributed by atoms with van der Waals surface area (Å²) in [7, 11) is 2.11. The first-order chi connectivity index (χ1) is 11.6. The fourth-order valence-corrected chi connectivity index (χ4v) is 3.85. The summed E-state index contributed by atoms with van der Waals surface area (Å²) >= 11 is 7.47. The summed E-state index contributed by atoms with van der Waals surface area (Å²) in [5, 5.41) is 0.717. The number of benzene rings is 2. The maximum Gasteiger partial charge on any atom is 0.233 e. The molecule has 0 aliphatic carbocycles. The quantitative estimate of drug-likeness (QED) is 0.771. The first kappa shape index (κ1) is 17.3. The molecule has 1 aliphatic rings. The Bertz CT molecular complexity index is 678. The van der Waals surface area contributed by atoms with Gasteiger partial charge < -0.3 is 9.80 Å². The summed E-state index contributed by atoms with van der Waals surface area (Å²) in [6.45, 7) is 2.57. The second-order valence-corrected chi connectivity index (χ2v) is 7.50. The molecule has 1 unspecified atom stereocenters. The summed E-state index contributed by atoms with van der Waals surface area (Å²) < 4.78 is 0. The molecule has 1 fully saturated rings. The van der Waals surface area contributed by atoms with Crippen molar-refractivity contribution in [3.05, 3.63) is 65.2 Å². The van der Waals surface area contributed by atoms with Crippen LogP contribution in [0.15, 0.2) is 59.5 Å². The van der Waals surface area contributed by atoms with Gasteiger partial charge in [0.05, 0.1) is 11.8 Å². The molecular weight excluding hydrogens is 340 g/mol. The van der Waals surface area contributed by atoms with Crippen LogP contribution >= 0.6 is 23.4 Å². The van der Waals surface area contributed by atoms with Gasteiger partial charge >= 0.3 is 0 Å². The number of likely N-dealkylation sites (N-methyl/N-ethyl adjacent to an activating group) is 1. The molecule has 24 heavy (non-hydrogen) atoms. The average molecular weight is 361 g/mol. The van der Waals surface area contributed by atoms with Crippen LogP contribution in [0.2, 0.25) is 5.02 Å². The molecule has 1 heterocycles. The lowest BCUT2D eigenvalue weighted by molar-refractivity contribution is -0.133. The predicted octanol–water partition coefficient (Wildman–Crippen LogP) is 3.95. The first-order valence-corrected chi connectivity index (χ1v) is 9.41. The van der Waals surface area contributed by atoms with E-state index in [0.717, 1.165) is 24.5 Å². The number of rotatable bonds is 4. The van der Waals surface area contributed by atoms with Crippen LogP contribution in [-0.4, -0.2) is 48.1 Å². The highest BCUT2D eigenvalue weighted by Gasteiger charge is 2.29. The van der Waals surface area contributed by atoms with E-state index in [0.29, 0.717) is 10.8 Å². The van der Waals surface area contributed by atoms with Crippen LogP contribution in [0.3, 0.4) is 0 Å². The number of amides is 1. The monoisotopic (exact) mass is 360 g/mol. The molecule has 3 nitrogen and oxygen atoms in total. The van der Waals surface area contributed by atoms with Crippen LogP contribution in [0.5, 0.6) is 0 Å². The molecule has 2 aromatic rings. The first-order valence-electron chi connectivity index (χ1n) is 8.05. The highest BCUT2D eigenvalue weighted by atomic mass is 35.5. The smallest absolute Gasteiger partial charge is 0.233 e. The standard InChI is InChI=1S/C19H21ClN2OS/c1-21-11-12-22(18(13-21)15-5-3-2-4-6-15)19(23)14-24-17-9-7-16(20)8-10-17/h2-10,18H,11-14H2,1H3. The molecule has 0 aromatic heterocycles. The van der Waals surface area contributed by atoms with Gasteiger partial charge in [-0.2, -0.15) is 0 Å². The third-order valence-electron chi connectivity index (χ3n) is 4.26. The van der Waals surface area contributed by atoms with Gasteiger partial charge in [-0.15, -0.1) is 11.8 Å². The van der Waals surface area contributed by atoms with Crippen molar-refractivity contribution in [3.63, 3.8) is 0 Å². The molecule has 0 saturated carbocycles. The van der Waals surface area contributed by atoms with Crippen molar-refractivity contribution in [1.29, 1.82) is 0 Å². The average Bonchev–Trinajstić information content (AvgIpc) is 2.61. The predicted molar refractivity (Wildman–Crippen MR) is 101 cm³/mol. The van der Waals surface area contributed by atoms with E-state index in [2.05, 4.69) is 24.1 Å². The van der Waals surface area contributed by atoms with Gasteiger partial charge in [0, 0.05) is 29.6 Å². The number of halogens is 1. The van der Waals surface area contributed by atoms with Gasteiger partial charge in [-0.1, -0.05) is 41.9 Å². The van der Waals surface area contributed by atoms with Gasteiger partial charge in [-0.25, -0.2) is 0 Å². The summed E-state index contributed by atoms with van der Waals surface area (Å²) in [6, 6.07) is 18.1.